The largest absolute Gasteiger partial charge is 0.756 e. The first-order valence-corrected chi connectivity index (χ1v) is 29.9. The molecule has 1 amide bonds. The summed E-state index contributed by atoms with van der Waals surface area (Å²) in [7, 11) is 1.30. The SMILES string of the molecule is CC/C=C\C/C=C\C/C=C\C/C=C\C/C=C\C/C=C\C/C=C\CCCCCCCCCCCCCCCCCC(=O)NC(COP(=O)([O-])OCC[N+](C)(C)C)C(O)CCCCCCCCCCCC. The number of nitrogens with one attached hydrogen (secondary N) is 1. The number of phosphoric acid groups is 1. The van der Waals surface area contributed by atoms with E-state index < -0.39 is 20.0 Å². The number of unbranched alkanes of at least 4 members (excludes halogenated alkanes) is 24. The highest BCUT2D eigenvalue weighted by Gasteiger charge is 2.24. The molecule has 0 heterocycles. The van der Waals surface area contributed by atoms with Crippen LogP contribution in [0.15, 0.2) is 85.1 Å². The van der Waals surface area contributed by atoms with Crippen molar-refractivity contribution in [1.82, 2.24) is 5.32 Å². The molecular weight excluding hydrogens is 876 g/mol. The highest BCUT2D eigenvalue weighted by molar-refractivity contribution is 7.45. The molecule has 0 aromatic rings. The zero-order valence-electron chi connectivity index (χ0n) is 45.5. The van der Waals surface area contributed by atoms with Crippen LogP contribution in [0.1, 0.15) is 239 Å². The van der Waals surface area contributed by atoms with Gasteiger partial charge in [-0.15, -0.1) is 0 Å². The molecule has 0 aliphatic carbocycles. The molecule has 0 bridgehead atoms. The van der Waals surface area contributed by atoms with Gasteiger partial charge >= 0.3 is 0 Å². The average Bonchev–Trinajstić information content (AvgIpc) is 3.31. The van der Waals surface area contributed by atoms with Crippen molar-refractivity contribution >= 4 is 13.7 Å². The summed E-state index contributed by atoms with van der Waals surface area (Å²) in [6.07, 6.45) is 70.6. The van der Waals surface area contributed by atoms with Crippen molar-refractivity contribution in [3.8, 4) is 0 Å². The second kappa shape index (κ2) is 50.6. The van der Waals surface area contributed by atoms with E-state index in [-0.39, 0.29) is 19.1 Å². The van der Waals surface area contributed by atoms with Gasteiger partial charge in [0.15, 0.2) is 0 Å². The van der Waals surface area contributed by atoms with E-state index in [2.05, 4.69) is 104 Å². The fraction of sp³-hybridized carbons (Fsp3) is 0.750. The first kappa shape index (κ1) is 66.7. The maximum absolute atomic E-state index is 12.9. The first-order valence-electron chi connectivity index (χ1n) is 28.4. The average molecular weight is 986 g/mol. The third-order valence-corrected chi connectivity index (χ3v) is 13.4. The van der Waals surface area contributed by atoms with E-state index in [0.717, 1.165) is 83.5 Å². The number of likely N-dealkylation sites (N-methyl/N-ethyl adjacent to an activating group) is 1. The Bertz CT molecular complexity index is 1400. The third kappa shape index (κ3) is 53.3. The molecule has 0 radical (unpaired) electrons. The van der Waals surface area contributed by atoms with Crippen molar-refractivity contribution in [3.63, 3.8) is 0 Å². The topological polar surface area (TPSA) is 108 Å². The minimum atomic E-state index is -4.57. The molecule has 400 valence electrons. The first-order chi connectivity index (χ1) is 33.5. The predicted octanol–water partition coefficient (Wildman–Crippen LogP) is 16.6. The number of carbonyl (C=O) groups is 1. The molecule has 0 fully saturated rings. The summed E-state index contributed by atoms with van der Waals surface area (Å²) in [4.78, 5) is 25.4. The standard InChI is InChI=1S/C60H109N2O6P/c1-6-8-10-12-14-16-18-19-20-21-22-23-24-25-26-27-28-29-30-31-32-33-34-35-36-37-38-39-40-41-42-43-44-46-48-50-52-54-60(64)61-58(57-68-69(65,66)67-56-55-62(3,4)5)59(63)53-51-49-47-45-17-15-13-11-9-7-2/h8,10,14,16,19-20,22-23,25-26,28-29,31-32,58-59,63H,6-7,9,11-13,15,17-18,21,24,27,30,33-57H2,1-5H3,(H-,61,64,65,66)/b10-8-,16-14-,20-19-,23-22-,26-25-,29-28-,32-31-. The van der Waals surface area contributed by atoms with E-state index in [1.54, 1.807) is 0 Å². The van der Waals surface area contributed by atoms with Crippen LogP contribution in [0.2, 0.25) is 0 Å². The van der Waals surface area contributed by atoms with Crippen LogP contribution < -0.4 is 10.2 Å². The molecule has 0 aliphatic rings. The van der Waals surface area contributed by atoms with Gasteiger partial charge in [-0.05, 0) is 70.6 Å². The summed E-state index contributed by atoms with van der Waals surface area (Å²) in [6.45, 7) is 4.59. The van der Waals surface area contributed by atoms with Gasteiger partial charge in [0.05, 0.1) is 39.9 Å². The Morgan fingerprint density at radius 1 is 0.522 bits per heavy atom. The maximum atomic E-state index is 12.9. The lowest BCUT2D eigenvalue weighted by atomic mass is 10.0. The third-order valence-electron chi connectivity index (χ3n) is 12.4. The van der Waals surface area contributed by atoms with Gasteiger partial charge in [0.25, 0.3) is 7.82 Å². The Labute approximate surface area is 426 Å². The summed E-state index contributed by atoms with van der Waals surface area (Å²) in [6, 6.07) is -0.802. The van der Waals surface area contributed by atoms with Crippen molar-refractivity contribution in [2.45, 2.75) is 251 Å². The van der Waals surface area contributed by atoms with Crippen LogP contribution >= 0.6 is 7.82 Å². The van der Waals surface area contributed by atoms with Gasteiger partial charge in [-0.3, -0.25) is 9.36 Å². The van der Waals surface area contributed by atoms with Gasteiger partial charge in [-0.2, -0.15) is 0 Å². The smallest absolute Gasteiger partial charge is 0.268 e. The molecule has 0 spiro atoms. The number of nitrogens with zero attached hydrogens (tertiary/aromatic N) is 1. The molecule has 0 saturated heterocycles. The van der Waals surface area contributed by atoms with Gasteiger partial charge in [-0.25, -0.2) is 0 Å². The van der Waals surface area contributed by atoms with Crippen LogP contribution in [-0.4, -0.2) is 68.5 Å². The molecule has 3 unspecified atom stereocenters. The van der Waals surface area contributed by atoms with Crippen molar-refractivity contribution in [1.29, 1.82) is 0 Å². The van der Waals surface area contributed by atoms with E-state index in [4.69, 9.17) is 9.05 Å². The van der Waals surface area contributed by atoms with Crippen LogP contribution in [0.5, 0.6) is 0 Å². The summed E-state index contributed by atoms with van der Waals surface area (Å²) >= 11 is 0. The quantitative estimate of drug-likeness (QED) is 0.0272. The number of aliphatic hydroxyl groups excluding tert-OH is 1. The maximum Gasteiger partial charge on any atom is 0.268 e. The Morgan fingerprint density at radius 3 is 1.29 bits per heavy atom. The lowest BCUT2D eigenvalue weighted by Gasteiger charge is -2.30. The summed E-state index contributed by atoms with van der Waals surface area (Å²) in [5.74, 6) is -0.169. The molecule has 0 saturated carbocycles. The van der Waals surface area contributed by atoms with Crippen LogP contribution in [0.3, 0.4) is 0 Å². The fourth-order valence-electron chi connectivity index (χ4n) is 7.96. The monoisotopic (exact) mass is 985 g/mol. The molecule has 69 heavy (non-hydrogen) atoms. The Balaban J connectivity index is 3.95. The summed E-state index contributed by atoms with van der Waals surface area (Å²) in [5, 5.41) is 13.9. The van der Waals surface area contributed by atoms with E-state index in [1.807, 2.05) is 21.1 Å². The Hall–Kier alpha value is -2.32. The van der Waals surface area contributed by atoms with Gasteiger partial charge in [0.2, 0.25) is 5.91 Å². The van der Waals surface area contributed by atoms with Gasteiger partial charge in [0.1, 0.15) is 13.2 Å². The second-order valence-corrected chi connectivity index (χ2v) is 21.7. The number of hydrogen-bond donors (Lipinski definition) is 2. The Morgan fingerprint density at radius 2 is 0.884 bits per heavy atom. The minimum Gasteiger partial charge on any atom is -0.756 e. The fourth-order valence-corrected chi connectivity index (χ4v) is 8.68. The second-order valence-electron chi connectivity index (χ2n) is 20.3. The minimum absolute atomic E-state index is 0.0100. The number of allylic oxidation sites excluding steroid dienone is 14. The molecule has 2 N–H and O–H groups in total. The summed E-state index contributed by atoms with van der Waals surface area (Å²) < 4.78 is 23.3. The highest BCUT2D eigenvalue weighted by Crippen LogP contribution is 2.38. The van der Waals surface area contributed by atoms with Crippen LogP contribution in [0.25, 0.3) is 0 Å². The van der Waals surface area contributed by atoms with Crippen LogP contribution in [0, 0.1) is 0 Å². The van der Waals surface area contributed by atoms with E-state index in [9.17, 15) is 19.4 Å². The zero-order valence-corrected chi connectivity index (χ0v) is 46.4. The van der Waals surface area contributed by atoms with Crippen LogP contribution in [-0.2, 0) is 18.4 Å². The number of rotatable bonds is 51. The molecule has 0 rings (SSSR count). The zero-order chi connectivity index (χ0) is 50.6. The summed E-state index contributed by atoms with van der Waals surface area (Å²) in [5.41, 5.74) is 0. The lowest BCUT2D eigenvalue weighted by Crippen LogP contribution is -2.46. The predicted molar refractivity (Wildman–Crippen MR) is 297 cm³/mol. The number of hydrogen-bond acceptors (Lipinski definition) is 6. The van der Waals surface area contributed by atoms with Gasteiger partial charge < -0.3 is 28.8 Å². The van der Waals surface area contributed by atoms with Gasteiger partial charge in [0, 0.05) is 6.42 Å². The van der Waals surface area contributed by atoms with Crippen LogP contribution in [0.4, 0.5) is 0 Å². The number of carbonyl (C=O) groups excluding carboxylic acids is 1. The molecule has 0 aliphatic heterocycles. The number of aliphatic hydroxyl groups is 1. The number of quaternary nitrogens is 1. The molecule has 9 heteroatoms. The molecular formula is C60H109N2O6P. The van der Waals surface area contributed by atoms with Crippen molar-refractivity contribution < 1.29 is 32.9 Å². The van der Waals surface area contributed by atoms with Crippen molar-refractivity contribution in [3.05, 3.63) is 85.1 Å². The lowest BCUT2D eigenvalue weighted by molar-refractivity contribution is -0.870. The number of phosphoric ester groups is 1. The highest BCUT2D eigenvalue weighted by atomic mass is 31.2. The molecule has 3 atom stereocenters. The van der Waals surface area contributed by atoms with E-state index in [0.29, 0.717) is 23.9 Å². The molecule has 0 aromatic carbocycles. The van der Waals surface area contributed by atoms with Crippen molar-refractivity contribution in [2.24, 2.45) is 0 Å². The Kier molecular flexibility index (Phi) is 48.9. The van der Waals surface area contributed by atoms with Gasteiger partial charge in [-0.1, -0.05) is 247 Å². The molecule has 8 nitrogen and oxygen atoms in total. The molecule has 0 aromatic heterocycles. The van der Waals surface area contributed by atoms with E-state index in [1.165, 1.54) is 128 Å². The normalized spacial score (nSPS) is 14.6. The van der Waals surface area contributed by atoms with E-state index >= 15 is 0 Å². The number of amides is 1. The van der Waals surface area contributed by atoms with Crippen molar-refractivity contribution in [2.75, 3.05) is 40.9 Å².